The van der Waals surface area contributed by atoms with Gasteiger partial charge in [0.2, 0.25) is 5.91 Å². The summed E-state index contributed by atoms with van der Waals surface area (Å²) in [5.41, 5.74) is 1.93. The molecule has 0 aromatic heterocycles. The molecule has 1 unspecified atom stereocenters. The summed E-state index contributed by atoms with van der Waals surface area (Å²) in [5.74, 6) is -0.0671. The predicted molar refractivity (Wildman–Crippen MR) is 74.9 cm³/mol. The highest BCUT2D eigenvalue weighted by molar-refractivity contribution is 5.88. The molecule has 0 bridgehead atoms. The molecule has 2 N–H and O–H groups in total. The summed E-state index contributed by atoms with van der Waals surface area (Å²) in [6, 6.07) is 7.80. The lowest BCUT2D eigenvalue weighted by Crippen LogP contribution is -2.39. The van der Waals surface area contributed by atoms with Gasteiger partial charge in [-0.3, -0.25) is 4.79 Å². The van der Waals surface area contributed by atoms with Gasteiger partial charge in [-0.15, -0.1) is 0 Å². The van der Waals surface area contributed by atoms with Crippen LogP contribution in [0.5, 0.6) is 0 Å². The van der Waals surface area contributed by atoms with E-state index >= 15 is 0 Å². The predicted octanol–water partition coefficient (Wildman–Crippen LogP) is 1.74. The molecule has 0 radical (unpaired) electrons. The van der Waals surface area contributed by atoms with Gasteiger partial charge in [0.25, 0.3) is 0 Å². The van der Waals surface area contributed by atoms with Crippen molar-refractivity contribution >= 4 is 11.6 Å². The number of ether oxygens (including phenoxy) is 2. The van der Waals surface area contributed by atoms with E-state index in [9.17, 15) is 4.79 Å². The second kappa shape index (κ2) is 7.89. The van der Waals surface area contributed by atoms with Crippen LogP contribution in [-0.4, -0.2) is 32.5 Å². The Morgan fingerprint density at radius 2 is 1.79 bits per heavy atom. The normalized spacial score (nSPS) is 12.5. The average Bonchev–Trinajstić information content (AvgIpc) is 2.38. The maximum absolute atomic E-state index is 10.9. The number of rotatable bonds is 7. The van der Waals surface area contributed by atoms with Crippen LogP contribution in [0.2, 0.25) is 0 Å². The van der Waals surface area contributed by atoms with Crippen molar-refractivity contribution in [2.45, 2.75) is 32.7 Å². The fourth-order valence-corrected chi connectivity index (χ4v) is 1.79. The van der Waals surface area contributed by atoms with E-state index < -0.39 is 0 Å². The Bertz CT molecular complexity index is 388. The zero-order chi connectivity index (χ0) is 14.3. The maximum atomic E-state index is 10.9. The van der Waals surface area contributed by atoms with Crippen LogP contribution in [-0.2, 0) is 20.8 Å². The van der Waals surface area contributed by atoms with E-state index in [0.29, 0.717) is 6.54 Å². The van der Waals surface area contributed by atoms with Gasteiger partial charge >= 0.3 is 0 Å². The van der Waals surface area contributed by atoms with Gasteiger partial charge in [0.15, 0.2) is 6.29 Å². The van der Waals surface area contributed by atoms with Crippen molar-refractivity contribution in [3.63, 3.8) is 0 Å². The Hall–Kier alpha value is -1.43. The molecule has 106 valence electrons. The number of hydrogen-bond donors (Lipinski definition) is 2. The smallest absolute Gasteiger partial charge is 0.221 e. The Labute approximate surface area is 114 Å². The molecule has 0 saturated heterocycles. The molecular formula is C14H22N2O3. The number of hydrogen-bond acceptors (Lipinski definition) is 4. The van der Waals surface area contributed by atoms with Gasteiger partial charge in [0.1, 0.15) is 0 Å². The summed E-state index contributed by atoms with van der Waals surface area (Å²) in [6.07, 6.45) is -0.265. The first kappa shape index (κ1) is 15.6. The van der Waals surface area contributed by atoms with E-state index in [1.54, 1.807) is 14.2 Å². The number of methoxy groups -OCH3 is 2. The third kappa shape index (κ3) is 5.38. The van der Waals surface area contributed by atoms with Crippen LogP contribution in [0.3, 0.4) is 0 Å². The van der Waals surface area contributed by atoms with Crippen LogP contribution in [0.25, 0.3) is 0 Å². The van der Waals surface area contributed by atoms with Gasteiger partial charge in [-0.05, 0) is 24.6 Å². The molecule has 0 aliphatic carbocycles. The van der Waals surface area contributed by atoms with Crippen LogP contribution < -0.4 is 10.6 Å². The summed E-state index contributed by atoms with van der Waals surface area (Å²) in [4.78, 5) is 10.9. The van der Waals surface area contributed by atoms with E-state index in [2.05, 4.69) is 10.6 Å². The summed E-state index contributed by atoms with van der Waals surface area (Å²) < 4.78 is 10.4. The molecule has 0 saturated carbocycles. The van der Waals surface area contributed by atoms with Crippen molar-refractivity contribution < 1.29 is 14.3 Å². The van der Waals surface area contributed by atoms with E-state index in [0.717, 1.165) is 11.3 Å². The van der Waals surface area contributed by atoms with Gasteiger partial charge in [0.05, 0.1) is 6.04 Å². The average molecular weight is 266 g/mol. The molecule has 0 fully saturated rings. The molecule has 5 heteroatoms. The van der Waals surface area contributed by atoms with Crippen LogP contribution in [0.1, 0.15) is 19.4 Å². The standard InChI is InChI=1S/C14H22N2O3/c1-10(14(18-3)19-4)15-9-12-5-7-13(8-6-12)16-11(2)17/h5-8,10,14-15H,9H2,1-4H3,(H,16,17). The van der Waals surface area contributed by atoms with Crippen LogP contribution in [0.15, 0.2) is 24.3 Å². The van der Waals surface area contributed by atoms with Crippen molar-refractivity contribution in [3.8, 4) is 0 Å². The largest absolute Gasteiger partial charge is 0.354 e. The number of anilines is 1. The molecule has 0 aliphatic rings. The lowest BCUT2D eigenvalue weighted by atomic mass is 10.2. The summed E-state index contributed by atoms with van der Waals surface area (Å²) in [7, 11) is 3.24. The number of amides is 1. The summed E-state index contributed by atoms with van der Waals surface area (Å²) in [6.45, 7) is 4.21. The summed E-state index contributed by atoms with van der Waals surface area (Å²) in [5, 5.41) is 6.06. The SMILES string of the molecule is COC(OC)C(C)NCc1ccc(NC(C)=O)cc1. The zero-order valence-corrected chi connectivity index (χ0v) is 11.9. The van der Waals surface area contributed by atoms with Crippen LogP contribution in [0, 0.1) is 0 Å². The maximum Gasteiger partial charge on any atom is 0.221 e. The third-order valence-electron chi connectivity index (χ3n) is 2.78. The highest BCUT2D eigenvalue weighted by Crippen LogP contribution is 2.10. The number of nitrogens with one attached hydrogen (secondary N) is 2. The van der Waals surface area contributed by atoms with E-state index in [1.807, 2.05) is 31.2 Å². The van der Waals surface area contributed by atoms with Crippen molar-refractivity contribution in [3.05, 3.63) is 29.8 Å². The molecule has 5 nitrogen and oxygen atoms in total. The Kier molecular flexibility index (Phi) is 6.49. The van der Waals surface area contributed by atoms with Gasteiger partial charge in [-0.1, -0.05) is 12.1 Å². The van der Waals surface area contributed by atoms with Gasteiger partial charge < -0.3 is 20.1 Å². The second-order valence-electron chi connectivity index (χ2n) is 4.39. The number of benzene rings is 1. The topological polar surface area (TPSA) is 59.6 Å². The van der Waals surface area contributed by atoms with E-state index in [-0.39, 0.29) is 18.2 Å². The van der Waals surface area contributed by atoms with Crippen molar-refractivity contribution in [2.24, 2.45) is 0 Å². The fraction of sp³-hybridized carbons (Fsp3) is 0.500. The first-order chi connectivity index (χ1) is 9.06. The first-order valence-corrected chi connectivity index (χ1v) is 6.22. The fourth-order valence-electron chi connectivity index (χ4n) is 1.79. The lowest BCUT2D eigenvalue weighted by Gasteiger charge is -2.22. The highest BCUT2D eigenvalue weighted by Gasteiger charge is 2.14. The molecule has 0 spiro atoms. The Balaban J connectivity index is 2.47. The molecule has 1 amide bonds. The van der Waals surface area contributed by atoms with Crippen molar-refractivity contribution in [1.82, 2.24) is 5.32 Å². The minimum atomic E-state index is -0.265. The molecule has 0 heterocycles. The molecule has 1 atom stereocenters. The Morgan fingerprint density at radius 1 is 1.21 bits per heavy atom. The van der Waals surface area contributed by atoms with E-state index in [4.69, 9.17) is 9.47 Å². The molecule has 1 rings (SSSR count). The number of carbonyl (C=O) groups is 1. The van der Waals surface area contributed by atoms with Gasteiger partial charge in [-0.25, -0.2) is 0 Å². The molecule has 19 heavy (non-hydrogen) atoms. The molecule has 0 aliphatic heterocycles. The number of carbonyl (C=O) groups excluding carboxylic acids is 1. The Morgan fingerprint density at radius 3 is 2.26 bits per heavy atom. The van der Waals surface area contributed by atoms with Crippen LogP contribution >= 0.6 is 0 Å². The minimum Gasteiger partial charge on any atom is -0.354 e. The van der Waals surface area contributed by atoms with Crippen molar-refractivity contribution in [1.29, 1.82) is 0 Å². The molecule has 1 aromatic carbocycles. The quantitative estimate of drug-likeness (QED) is 0.738. The van der Waals surface area contributed by atoms with Gasteiger partial charge in [-0.2, -0.15) is 0 Å². The molecular weight excluding hydrogens is 244 g/mol. The third-order valence-corrected chi connectivity index (χ3v) is 2.78. The first-order valence-electron chi connectivity index (χ1n) is 6.22. The molecule has 1 aromatic rings. The highest BCUT2D eigenvalue weighted by atomic mass is 16.7. The van der Waals surface area contributed by atoms with E-state index in [1.165, 1.54) is 6.92 Å². The monoisotopic (exact) mass is 266 g/mol. The summed E-state index contributed by atoms with van der Waals surface area (Å²) >= 11 is 0. The zero-order valence-electron chi connectivity index (χ0n) is 11.9. The van der Waals surface area contributed by atoms with Crippen molar-refractivity contribution in [2.75, 3.05) is 19.5 Å². The minimum absolute atomic E-state index is 0.0671. The van der Waals surface area contributed by atoms with Crippen LogP contribution in [0.4, 0.5) is 5.69 Å². The van der Waals surface area contributed by atoms with Gasteiger partial charge in [0, 0.05) is 33.4 Å². The second-order valence-corrected chi connectivity index (χ2v) is 4.39. The lowest BCUT2D eigenvalue weighted by molar-refractivity contribution is -0.119.